The number of rotatable bonds is 2. The van der Waals surface area contributed by atoms with E-state index in [1.807, 2.05) is 6.92 Å². The first-order valence-corrected chi connectivity index (χ1v) is 5.12. The molecular formula is C14H18. The van der Waals surface area contributed by atoms with Gasteiger partial charge in [0.15, 0.2) is 0 Å². The van der Waals surface area contributed by atoms with Gasteiger partial charge in [-0.15, -0.1) is 11.8 Å². The van der Waals surface area contributed by atoms with E-state index < -0.39 is 0 Å². The van der Waals surface area contributed by atoms with E-state index in [1.165, 1.54) is 16.7 Å². The first-order chi connectivity index (χ1) is 6.65. The fourth-order valence-electron chi connectivity index (χ4n) is 1.44. The second kappa shape index (κ2) is 4.86. The van der Waals surface area contributed by atoms with E-state index >= 15 is 0 Å². The summed E-state index contributed by atoms with van der Waals surface area (Å²) in [4.78, 5) is 0. The van der Waals surface area contributed by atoms with Gasteiger partial charge in [0.2, 0.25) is 0 Å². The maximum Gasteiger partial charge on any atom is 0.0155 e. The number of hydrogen-bond acceptors (Lipinski definition) is 0. The van der Waals surface area contributed by atoms with Crippen molar-refractivity contribution in [3.05, 3.63) is 34.9 Å². The molecule has 0 aliphatic heterocycles. The van der Waals surface area contributed by atoms with E-state index in [1.54, 1.807) is 0 Å². The van der Waals surface area contributed by atoms with Gasteiger partial charge in [-0.3, -0.25) is 0 Å². The number of hydrogen-bond donors (Lipinski definition) is 0. The van der Waals surface area contributed by atoms with Gasteiger partial charge >= 0.3 is 0 Å². The van der Waals surface area contributed by atoms with Crippen molar-refractivity contribution < 1.29 is 0 Å². The third-order valence-corrected chi connectivity index (χ3v) is 2.69. The van der Waals surface area contributed by atoms with Gasteiger partial charge in [-0.1, -0.05) is 25.1 Å². The van der Waals surface area contributed by atoms with E-state index in [2.05, 4.69) is 50.8 Å². The van der Waals surface area contributed by atoms with Crippen LogP contribution in [-0.4, -0.2) is 0 Å². The van der Waals surface area contributed by atoms with Gasteiger partial charge in [-0.2, -0.15) is 0 Å². The lowest BCUT2D eigenvalue weighted by atomic mass is 9.95. The summed E-state index contributed by atoms with van der Waals surface area (Å²) in [5.41, 5.74) is 4.14. The lowest BCUT2D eigenvalue weighted by Crippen LogP contribution is -1.93. The van der Waals surface area contributed by atoms with Gasteiger partial charge in [0.25, 0.3) is 0 Å². The molecule has 0 heteroatoms. The minimum atomic E-state index is 0.543. The van der Waals surface area contributed by atoms with Gasteiger partial charge in [0.05, 0.1) is 0 Å². The Labute approximate surface area is 87.4 Å². The molecule has 1 aromatic carbocycles. The highest BCUT2D eigenvalue weighted by Gasteiger charge is 2.04. The highest BCUT2D eigenvalue weighted by molar-refractivity contribution is 5.32. The summed E-state index contributed by atoms with van der Waals surface area (Å²) >= 11 is 0. The molecule has 0 bridgehead atoms. The monoisotopic (exact) mass is 186 g/mol. The Balaban J connectivity index is 2.83. The van der Waals surface area contributed by atoms with Crippen molar-refractivity contribution in [3.63, 3.8) is 0 Å². The van der Waals surface area contributed by atoms with Crippen molar-refractivity contribution in [2.75, 3.05) is 0 Å². The van der Waals surface area contributed by atoms with Crippen molar-refractivity contribution >= 4 is 0 Å². The molecule has 0 saturated carbocycles. The number of benzene rings is 1. The molecule has 0 fully saturated rings. The van der Waals surface area contributed by atoms with Crippen LogP contribution in [0.25, 0.3) is 0 Å². The second-order valence-corrected chi connectivity index (χ2v) is 3.88. The molecule has 1 rings (SSSR count). The Morgan fingerprint density at radius 3 is 2.50 bits per heavy atom. The smallest absolute Gasteiger partial charge is 0.0155 e. The molecule has 1 unspecified atom stereocenters. The summed E-state index contributed by atoms with van der Waals surface area (Å²) in [5, 5.41) is 0. The van der Waals surface area contributed by atoms with E-state index in [-0.39, 0.29) is 0 Å². The van der Waals surface area contributed by atoms with Crippen LogP contribution in [-0.2, 0) is 0 Å². The minimum absolute atomic E-state index is 0.543. The first-order valence-electron chi connectivity index (χ1n) is 5.12. The molecule has 14 heavy (non-hydrogen) atoms. The van der Waals surface area contributed by atoms with Crippen molar-refractivity contribution in [3.8, 4) is 11.8 Å². The van der Waals surface area contributed by atoms with Crippen LogP contribution in [0, 0.1) is 25.7 Å². The molecule has 0 N–H and O–H groups in total. The standard InChI is InChI=1S/C14H18/c1-5-6-7-12(3)14-9-8-11(2)13(4)10-14/h8-10,12H,7H2,1-4H3. The third-order valence-electron chi connectivity index (χ3n) is 2.69. The Morgan fingerprint density at radius 2 is 1.93 bits per heavy atom. The Hall–Kier alpha value is -1.22. The average molecular weight is 186 g/mol. The molecule has 74 valence electrons. The fourth-order valence-corrected chi connectivity index (χ4v) is 1.44. The topological polar surface area (TPSA) is 0 Å². The fraction of sp³-hybridized carbons (Fsp3) is 0.429. The minimum Gasteiger partial charge on any atom is -0.107 e. The van der Waals surface area contributed by atoms with Crippen LogP contribution in [0.2, 0.25) is 0 Å². The number of aryl methyl sites for hydroxylation is 2. The van der Waals surface area contributed by atoms with Gasteiger partial charge in [0, 0.05) is 6.42 Å². The molecule has 1 aromatic rings. The van der Waals surface area contributed by atoms with Crippen molar-refractivity contribution in [1.82, 2.24) is 0 Å². The van der Waals surface area contributed by atoms with Crippen LogP contribution >= 0.6 is 0 Å². The molecule has 0 radical (unpaired) electrons. The van der Waals surface area contributed by atoms with Gasteiger partial charge in [-0.25, -0.2) is 0 Å². The zero-order valence-corrected chi connectivity index (χ0v) is 9.52. The summed E-state index contributed by atoms with van der Waals surface area (Å²) in [6.07, 6.45) is 0.957. The quantitative estimate of drug-likeness (QED) is 0.616. The largest absolute Gasteiger partial charge is 0.107 e. The van der Waals surface area contributed by atoms with E-state index in [0.717, 1.165) is 6.42 Å². The lowest BCUT2D eigenvalue weighted by molar-refractivity contribution is 0.794. The van der Waals surface area contributed by atoms with E-state index in [0.29, 0.717) is 5.92 Å². The predicted molar refractivity (Wildman–Crippen MR) is 62.4 cm³/mol. The summed E-state index contributed by atoms with van der Waals surface area (Å²) in [7, 11) is 0. The normalized spacial score (nSPS) is 11.7. The SMILES string of the molecule is CC#CCC(C)c1ccc(C)c(C)c1. The molecule has 0 aliphatic carbocycles. The Kier molecular flexibility index (Phi) is 3.77. The van der Waals surface area contributed by atoms with Crippen molar-refractivity contribution in [1.29, 1.82) is 0 Å². The molecular weight excluding hydrogens is 168 g/mol. The van der Waals surface area contributed by atoms with E-state index in [9.17, 15) is 0 Å². The van der Waals surface area contributed by atoms with Gasteiger partial charge in [0.1, 0.15) is 0 Å². The van der Waals surface area contributed by atoms with Crippen LogP contribution < -0.4 is 0 Å². The van der Waals surface area contributed by atoms with Crippen molar-refractivity contribution in [2.24, 2.45) is 0 Å². The highest BCUT2D eigenvalue weighted by Crippen LogP contribution is 2.20. The second-order valence-electron chi connectivity index (χ2n) is 3.88. The molecule has 0 saturated heterocycles. The molecule has 1 atom stereocenters. The van der Waals surface area contributed by atoms with Crippen LogP contribution in [0.5, 0.6) is 0 Å². The zero-order valence-electron chi connectivity index (χ0n) is 9.52. The summed E-state index contributed by atoms with van der Waals surface area (Å²) in [5.74, 6) is 6.62. The highest BCUT2D eigenvalue weighted by atomic mass is 14.1. The lowest BCUT2D eigenvalue weighted by Gasteiger charge is -2.10. The summed E-state index contributed by atoms with van der Waals surface area (Å²) in [6.45, 7) is 8.44. The summed E-state index contributed by atoms with van der Waals surface area (Å²) in [6, 6.07) is 6.68. The van der Waals surface area contributed by atoms with Crippen molar-refractivity contribution in [2.45, 2.75) is 40.0 Å². The van der Waals surface area contributed by atoms with Gasteiger partial charge < -0.3 is 0 Å². The molecule has 0 heterocycles. The predicted octanol–water partition coefficient (Wildman–Crippen LogP) is 3.82. The Morgan fingerprint density at radius 1 is 1.21 bits per heavy atom. The van der Waals surface area contributed by atoms with Gasteiger partial charge in [-0.05, 0) is 43.4 Å². The third kappa shape index (κ3) is 2.64. The maximum absolute atomic E-state index is 3.13. The molecule has 0 aliphatic rings. The zero-order chi connectivity index (χ0) is 10.6. The first kappa shape index (κ1) is 10.9. The van der Waals surface area contributed by atoms with Crippen LogP contribution in [0.1, 0.15) is 42.9 Å². The molecule has 0 spiro atoms. The Bertz CT molecular complexity index is 363. The maximum atomic E-state index is 3.13. The molecule has 0 nitrogen and oxygen atoms in total. The van der Waals surface area contributed by atoms with Crippen LogP contribution in [0.3, 0.4) is 0 Å². The van der Waals surface area contributed by atoms with E-state index in [4.69, 9.17) is 0 Å². The molecule has 0 aromatic heterocycles. The van der Waals surface area contributed by atoms with Crippen LogP contribution in [0.15, 0.2) is 18.2 Å². The molecule has 0 amide bonds. The van der Waals surface area contributed by atoms with Crippen LogP contribution in [0.4, 0.5) is 0 Å². The summed E-state index contributed by atoms with van der Waals surface area (Å²) < 4.78 is 0. The average Bonchev–Trinajstić information content (AvgIpc) is 2.18.